The molecule has 0 aliphatic heterocycles. The molecule has 0 aliphatic rings. The van der Waals surface area contributed by atoms with Crippen molar-refractivity contribution in [1.82, 2.24) is 20.2 Å². The van der Waals surface area contributed by atoms with Crippen LogP contribution in [0.1, 0.15) is 12.0 Å². The lowest BCUT2D eigenvalue weighted by Gasteiger charge is -2.06. The molecule has 0 bridgehead atoms. The van der Waals surface area contributed by atoms with Crippen molar-refractivity contribution < 1.29 is 9.90 Å². The molecule has 1 N–H and O–H groups in total. The maximum atomic E-state index is 10.6. The molecular formula is C11H11BrN4O2. The second-order valence-electron chi connectivity index (χ2n) is 3.83. The van der Waals surface area contributed by atoms with E-state index in [9.17, 15) is 4.79 Å². The van der Waals surface area contributed by atoms with Crippen LogP contribution in [-0.2, 0) is 11.3 Å². The van der Waals surface area contributed by atoms with Crippen LogP contribution in [0.3, 0.4) is 0 Å². The van der Waals surface area contributed by atoms with Crippen molar-refractivity contribution >= 4 is 21.9 Å². The molecule has 0 fully saturated rings. The third-order valence-corrected chi connectivity index (χ3v) is 3.00. The first kappa shape index (κ1) is 12.7. The Kier molecular flexibility index (Phi) is 3.71. The number of benzene rings is 1. The van der Waals surface area contributed by atoms with Crippen molar-refractivity contribution in [2.24, 2.45) is 0 Å². The maximum Gasteiger partial charge on any atom is 0.305 e. The molecule has 0 spiro atoms. The van der Waals surface area contributed by atoms with E-state index in [2.05, 4.69) is 31.5 Å². The lowest BCUT2D eigenvalue weighted by Crippen LogP contribution is -2.08. The third kappa shape index (κ3) is 2.73. The van der Waals surface area contributed by atoms with Crippen LogP contribution in [-0.4, -0.2) is 31.3 Å². The van der Waals surface area contributed by atoms with Gasteiger partial charge in [0.2, 0.25) is 0 Å². The smallest absolute Gasteiger partial charge is 0.305 e. The number of aryl methyl sites for hydroxylation is 2. The highest BCUT2D eigenvalue weighted by molar-refractivity contribution is 9.10. The Bertz CT molecular complexity index is 582. The van der Waals surface area contributed by atoms with E-state index < -0.39 is 5.97 Å². The summed E-state index contributed by atoms with van der Waals surface area (Å²) in [6.07, 6.45) is -0.00884. The lowest BCUT2D eigenvalue weighted by molar-refractivity contribution is -0.137. The minimum absolute atomic E-state index is 0.00884. The minimum atomic E-state index is -0.873. The summed E-state index contributed by atoms with van der Waals surface area (Å²) >= 11 is 3.40. The molecule has 0 radical (unpaired) electrons. The van der Waals surface area contributed by atoms with Gasteiger partial charge >= 0.3 is 5.97 Å². The second kappa shape index (κ2) is 5.26. The fourth-order valence-electron chi connectivity index (χ4n) is 1.58. The number of hydrogen-bond donors (Lipinski definition) is 1. The fourth-order valence-corrected chi connectivity index (χ4v) is 1.95. The number of carbonyl (C=O) groups is 1. The molecule has 7 heteroatoms. The van der Waals surface area contributed by atoms with Crippen LogP contribution in [0, 0.1) is 6.92 Å². The summed E-state index contributed by atoms with van der Waals surface area (Å²) < 4.78 is 2.43. The summed E-state index contributed by atoms with van der Waals surface area (Å²) in [6, 6.07) is 5.80. The van der Waals surface area contributed by atoms with E-state index >= 15 is 0 Å². The van der Waals surface area contributed by atoms with Gasteiger partial charge in [-0.05, 0) is 35.0 Å². The number of aliphatic carboxylic acids is 1. The molecule has 0 saturated carbocycles. The number of tetrazole rings is 1. The molecule has 2 rings (SSSR count). The van der Waals surface area contributed by atoms with Gasteiger partial charge in [-0.2, -0.15) is 0 Å². The van der Waals surface area contributed by atoms with E-state index in [1.165, 1.54) is 4.68 Å². The number of hydrogen-bond acceptors (Lipinski definition) is 4. The number of aromatic nitrogens is 4. The average Bonchev–Trinajstić information content (AvgIpc) is 2.77. The van der Waals surface area contributed by atoms with Gasteiger partial charge in [0.1, 0.15) is 0 Å². The molecule has 0 atom stereocenters. The first-order valence-electron chi connectivity index (χ1n) is 5.32. The van der Waals surface area contributed by atoms with Crippen molar-refractivity contribution in [3.8, 4) is 11.4 Å². The highest BCUT2D eigenvalue weighted by Gasteiger charge is 2.12. The van der Waals surface area contributed by atoms with Crippen molar-refractivity contribution in [3.05, 3.63) is 28.2 Å². The number of nitrogens with zero attached hydrogens (tertiary/aromatic N) is 4. The molecule has 1 aromatic carbocycles. The Hall–Kier alpha value is -1.76. The van der Waals surface area contributed by atoms with Crippen LogP contribution >= 0.6 is 15.9 Å². The van der Waals surface area contributed by atoms with Gasteiger partial charge in [0.05, 0.1) is 13.0 Å². The summed E-state index contributed by atoms with van der Waals surface area (Å²) in [5, 5.41) is 20.1. The predicted molar refractivity (Wildman–Crippen MR) is 67.9 cm³/mol. The summed E-state index contributed by atoms with van der Waals surface area (Å²) in [5.74, 6) is -0.294. The summed E-state index contributed by atoms with van der Waals surface area (Å²) in [4.78, 5) is 10.6. The first-order valence-corrected chi connectivity index (χ1v) is 6.11. The molecule has 94 valence electrons. The Morgan fingerprint density at radius 1 is 1.50 bits per heavy atom. The Balaban J connectivity index is 2.36. The minimum Gasteiger partial charge on any atom is -0.481 e. The molecule has 0 unspecified atom stereocenters. The highest BCUT2D eigenvalue weighted by Crippen LogP contribution is 2.24. The summed E-state index contributed by atoms with van der Waals surface area (Å²) in [6.45, 7) is 2.21. The van der Waals surface area contributed by atoms with E-state index in [1.807, 2.05) is 25.1 Å². The largest absolute Gasteiger partial charge is 0.481 e. The van der Waals surface area contributed by atoms with Crippen molar-refractivity contribution in [1.29, 1.82) is 0 Å². The van der Waals surface area contributed by atoms with E-state index in [-0.39, 0.29) is 13.0 Å². The lowest BCUT2D eigenvalue weighted by atomic mass is 10.1. The zero-order valence-corrected chi connectivity index (χ0v) is 11.3. The number of carboxylic acid groups (broad SMARTS) is 1. The third-order valence-electron chi connectivity index (χ3n) is 2.51. The van der Waals surface area contributed by atoms with Crippen LogP contribution in [0.15, 0.2) is 22.7 Å². The molecule has 18 heavy (non-hydrogen) atoms. The first-order chi connectivity index (χ1) is 8.58. The van der Waals surface area contributed by atoms with E-state index in [0.29, 0.717) is 5.82 Å². The number of halogens is 1. The van der Waals surface area contributed by atoms with E-state index in [1.54, 1.807) is 0 Å². The Morgan fingerprint density at radius 2 is 2.28 bits per heavy atom. The van der Waals surface area contributed by atoms with Crippen LogP contribution in [0.4, 0.5) is 0 Å². The molecule has 1 aromatic heterocycles. The Labute approximate surface area is 112 Å². The SMILES string of the molecule is Cc1ccc(Br)cc1-c1nnnn1CCC(=O)O. The van der Waals surface area contributed by atoms with Crippen LogP contribution in [0.25, 0.3) is 11.4 Å². The van der Waals surface area contributed by atoms with Gasteiger partial charge in [0.25, 0.3) is 0 Å². The molecule has 6 nitrogen and oxygen atoms in total. The average molecular weight is 311 g/mol. The van der Waals surface area contributed by atoms with Crippen molar-refractivity contribution in [3.63, 3.8) is 0 Å². The topological polar surface area (TPSA) is 80.9 Å². The second-order valence-corrected chi connectivity index (χ2v) is 4.74. The monoisotopic (exact) mass is 310 g/mol. The van der Waals surface area contributed by atoms with Gasteiger partial charge in [-0.15, -0.1) is 5.10 Å². The summed E-state index contributed by atoms with van der Waals surface area (Å²) in [5.41, 5.74) is 1.92. The molecule has 0 saturated heterocycles. The fraction of sp³-hybridized carbons (Fsp3) is 0.273. The van der Waals surface area contributed by atoms with E-state index in [4.69, 9.17) is 5.11 Å². The molecule has 0 amide bonds. The zero-order valence-electron chi connectivity index (χ0n) is 9.67. The summed E-state index contributed by atoms with van der Waals surface area (Å²) in [7, 11) is 0. The van der Waals surface area contributed by atoms with Gasteiger partial charge < -0.3 is 5.11 Å². The molecule has 1 heterocycles. The maximum absolute atomic E-state index is 10.6. The van der Waals surface area contributed by atoms with Gasteiger partial charge in [-0.3, -0.25) is 4.79 Å². The molecule has 2 aromatic rings. The van der Waals surface area contributed by atoms with Gasteiger partial charge in [-0.25, -0.2) is 4.68 Å². The van der Waals surface area contributed by atoms with Crippen LogP contribution in [0.5, 0.6) is 0 Å². The standard InChI is InChI=1S/C11H11BrN4O2/c1-7-2-3-8(12)6-9(7)11-13-14-15-16(11)5-4-10(17)18/h2-3,6H,4-5H2,1H3,(H,17,18). The van der Waals surface area contributed by atoms with Crippen LogP contribution in [0.2, 0.25) is 0 Å². The van der Waals surface area contributed by atoms with E-state index in [0.717, 1.165) is 15.6 Å². The van der Waals surface area contributed by atoms with Gasteiger partial charge in [-0.1, -0.05) is 22.0 Å². The number of rotatable bonds is 4. The quantitative estimate of drug-likeness (QED) is 0.932. The molecule has 0 aliphatic carbocycles. The van der Waals surface area contributed by atoms with Gasteiger partial charge in [0, 0.05) is 10.0 Å². The molecular weight excluding hydrogens is 300 g/mol. The normalized spacial score (nSPS) is 10.6. The highest BCUT2D eigenvalue weighted by atomic mass is 79.9. The van der Waals surface area contributed by atoms with Crippen LogP contribution < -0.4 is 0 Å². The van der Waals surface area contributed by atoms with Gasteiger partial charge in [0.15, 0.2) is 5.82 Å². The zero-order chi connectivity index (χ0) is 13.1. The van der Waals surface area contributed by atoms with Crippen molar-refractivity contribution in [2.45, 2.75) is 19.9 Å². The number of carboxylic acids is 1. The Morgan fingerprint density at radius 3 is 3.00 bits per heavy atom. The predicted octanol–water partition coefficient (Wildman–Crippen LogP) is 1.89. The van der Waals surface area contributed by atoms with Crippen molar-refractivity contribution in [2.75, 3.05) is 0 Å².